The number of rotatable bonds is 19. The van der Waals surface area contributed by atoms with Crippen LogP contribution in [0, 0.1) is 11.8 Å². The van der Waals surface area contributed by atoms with E-state index in [4.69, 9.17) is 15.2 Å². The first-order valence-corrected chi connectivity index (χ1v) is 16.3. The second-order valence-corrected chi connectivity index (χ2v) is 12.5. The minimum absolute atomic E-state index is 0.110. The van der Waals surface area contributed by atoms with Gasteiger partial charge in [-0.05, 0) is 36.7 Å². The van der Waals surface area contributed by atoms with Gasteiger partial charge in [-0.3, -0.25) is 28.8 Å². The number of ether oxygens (including phenoxy) is 2. The number of amides is 6. The van der Waals surface area contributed by atoms with E-state index in [0.717, 1.165) is 5.56 Å². The normalized spacial score (nSPS) is 16.1. The lowest BCUT2D eigenvalue weighted by Crippen LogP contribution is -2.57. The Labute approximate surface area is 281 Å². The number of carbonyl (C=O) groups is 7. The molecule has 15 heteroatoms. The van der Waals surface area contributed by atoms with Gasteiger partial charge in [0.05, 0.1) is 32.4 Å². The van der Waals surface area contributed by atoms with Gasteiger partial charge in [-0.1, -0.05) is 71.4 Å². The van der Waals surface area contributed by atoms with Gasteiger partial charge < -0.3 is 41.4 Å². The number of primary amides is 1. The molecule has 0 aliphatic carbocycles. The van der Waals surface area contributed by atoms with E-state index < -0.39 is 72.1 Å². The highest BCUT2D eigenvalue weighted by molar-refractivity contribution is 6.38. The number of hydrogen-bond acceptors (Lipinski definition) is 9. The fourth-order valence-electron chi connectivity index (χ4n) is 4.95. The zero-order valence-corrected chi connectivity index (χ0v) is 28.4. The number of Topliss-reactive ketones (excluding diaryl/α,β-unsaturated/α-hetero) is 1. The molecular weight excluding hydrogens is 624 g/mol. The zero-order chi connectivity index (χ0) is 35.8. The van der Waals surface area contributed by atoms with E-state index in [0.29, 0.717) is 19.3 Å². The van der Waals surface area contributed by atoms with Crippen LogP contribution in [-0.2, 0) is 44.8 Å². The third-order valence-electron chi connectivity index (χ3n) is 7.51. The number of alkyl carbamates (subject to hydrolysis) is 1. The van der Waals surface area contributed by atoms with E-state index >= 15 is 0 Å². The number of benzene rings is 1. The van der Waals surface area contributed by atoms with Crippen LogP contribution in [0.4, 0.5) is 4.79 Å². The maximum absolute atomic E-state index is 13.5. The van der Waals surface area contributed by atoms with Gasteiger partial charge in [-0.15, -0.1) is 0 Å². The molecule has 4 atom stereocenters. The molecule has 6 amide bonds. The summed E-state index contributed by atoms with van der Waals surface area (Å²) in [6.45, 7) is 8.87. The van der Waals surface area contributed by atoms with Gasteiger partial charge in [0, 0.05) is 6.54 Å². The topological polar surface area (TPSA) is 215 Å². The van der Waals surface area contributed by atoms with Crippen molar-refractivity contribution in [2.45, 2.75) is 91.1 Å². The van der Waals surface area contributed by atoms with Crippen LogP contribution in [-0.4, -0.2) is 96.8 Å². The number of hydrogen-bond donors (Lipinski definition) is 5. The fourth-order valence-corrected chi connectivity index (χ4v) is 4.95. The van der Waals surface area contributed by atoms with Gasteiger partial charge in [0.1, 0.15) is 18.1 Å². The Bertz CT molecular complexity index is 1270. The molecule has 1 saturated heterocycles. The summed E-state index contributed by atoms with van der Waals surface area (Å²) in [4.78, 5) is 90.6. The molecule has 0 saturated carbocycles. The first-order valence-electron chi connectivity index (χ1n) is 16.3. The van der Waals surface area contributed by atoms with Gasteiger partial charge in [0.15, 0.2) is 0 Å². The van der Waals surface area contributed by atoms with Crippen LogP contribution in [0.25, 0.3) is 0 Å². The number of ketones is 1. The van der Waals surface area contributed by atoms with E-state index in [9.17, 15) is 33.6 Å². The molecule has 0 aromatic heterocycles. The van der Waals surface area contributed by atoms with Crippen molar-refractivity contribution in [2.24, 2.45) is 17.6 Å². The van der Waals surface area contributed by atoms with Crippen LogP contribution in [0.5, 0.6) is 0 Å². The lowest BCUT2D eigenvalue weighted by Gasteiger charge is -2.31. The summed E-state index contributed by atoms with van der Waals surface area (Å²) in [6, 6.07) is 4.93. The summed E-state index contributed by atoms with van der Waals surface area (Å²) < 4.78 is 10.6. The van der Waals surface area contributed by atoms with E-state index in [2.05, 4.69) is 21.3 Å². The Balaban J connectivity index is 1.95. The molecule has 266 valence electrons. The first kappa shape index (κ1) is 39.6. The Morgan fingerprint density at radius 2 is 1.62 bits per heavy atom. The average molecular weight is 675 g/mol. The predicted molar refractivity (Wildman–Crippen MR) is 175 cm³/mol. The third kappa shape index (κ3) is 12.9. The molecule has 1 aliphatic rings. The molecule has 6 N–H and O–H groups in total. The van der Waals surface area contributed by atoms with Gasteiger partial charge in [-0.25, -0.2) is 4.79 Å². The summed E-state index contributed by atoms with van der Waals surface area (Å²) >= 11 is 0. The molecule has 0 radical (unpaired) electrons. The van der Waals surface area contributed by atoms with Crippen LogP contribution < -0.4 is 27.0 Å². The van der Waals surface area contributed by atoms with Crippen molar-refractivity contribution in [1.82, 2.24) is 26.2 Å². The quantitative estimate of drug-likeness (QED) is 0.129. The van der Waals surface area contributed by atoms with Crippen LogP contribution in [0.3, 0.4) is 0 Å². The Morgan fingerprint density at radius 1 is 0.938 bits per heavy atom. The van der Waals surface area contributed by atoms with E-state index in [1.807, 2.05) is 44.2 Å². The SMILES string of the molecule is CCCC(NC(=O)[C@@H]1CCCN1C(=O)C(NC(=O)OCC(C)C)C(C)C)C(=O)C(=O)NCC(=O)NC(COCc1ccccc1)C(N)=O. The van der Waals surface area contributed by atoms with Gasteiger partial charge in [0.2, 0.25) is 29.4 Å². The van der Waals surface area contributed by atoms with Crippen molar-refractivity contribution in [3.05, 3.63) is 35.9 Å². The Kier molecular flexibility index (Phi) is 16.5. The van der Waals surface area contributed by atoms with Crippen molar-refractivity contribution in [2.75, 3.05) is 26.3 Å². The number of nitrogens with zero attached hydrogens (tertiary/aromatic N) is 1. The molecule has 1 aliphatic heterocycles. The smallest absolute Gasteiger partial charge is 0.407 e. The number of nitrogens with two attached hydrogens (primary N) is 1. The highest BCUT2D eigenvalue weighted by atomic mass is 16.5. The van der Waals surface area contributed by atoms with Crippen LogP contribution in [0.2, 0.25) is 0 Å². The molecule has 3 unspecified atom stereocenters. The largest absolute Gasteiger partial charge is 0.449 e. The minimum Gasteiger partial charge on any atom is -0.449 e. The number of nitrogens with one attached hydrogen (secondary N) is 4. The van der Waals surface area contributed by atoms with Crippen molar-refractivity contribution < 1.29 is 43.0 Å². The van der Waals surface area contributed by atoms with Crippen molar-refractivity contribution >= 4 is 41.4 Å². The molecule has 1 aromatic rings. The monoisotopic (exact) mass is 674 g/mol. The van der Waals surface area contributed by atoms with Crippen LogP contribution in [0.1, 0.15) is 65.9 Å². The Morgan fingerprint density at radius 3 is 2.23 bits per heavy atom. The number of likely N-dealkylation sites (tertiary alicyclic amines) is 1. The van der Waals surface area contributed by atoms with E-state index in [-0.39, 0.29) is 44.6 Å². The summed E-state index contributed by atoms with van der Waals surface area (Å²) in [5.41, 5.74) is 6.23. The molecule has 48 heavy (non-hydrogen) atoms. The highest BCUT2D eigenvalue weighted by Crippen LogP contribution is 2.21. The van der Waals surface area contributed by atoms with Gasteiger partial charge in [-0.2, -0.15) is 0 Å². The van der Waals surface area contributed by atoms with Gasteiger partial charge in [0.25, 0.3) is 5.91 Å². The maximum Gasteiger partial charge on any atom is 0.407 e. The van der Waals surface area contributed by atoms with Crippen molar-refractivity contribution in [1.29, 1.82) is 0 Å². The zero-order valence-electron chi connectivity index (χ0n) is 28.4. The van der Waals surface area contributed by atoms with Gasteiger partial charge >= 0.3 is 6.09 Å². The van der Waals surface area contributed by atoms with E-state index in [1.165, 1.54) is 4.90 Å². The molecule has 0 spiro atoms. The van der Waals surface area contributed by atoms with Crippen LogP contribution in [0.15, 0.2) is 30.3 Å². The fraction of sp³-hybridized carbons (Fsp3) is 0.606. The van der Waals surface area contributed by atoms with Crippen molar-refractivity contribution in [3.63, 3.8) is 0 Å². The maximum atomic E-state index is 13.5. The Hall–Kier alpha value is -4.53. The van der Waals surface area contributed by atoms with E-state index in [1.54, 1.807) is 20.8 Å². The van der Waals surface area contributed by atoms with Crippen molar-refractivity contribution in [3.8, 4) is 0 Å². The number of carbonyl (C=O) groups excluding carboxylic acids is 7. The highest BCUT2D eigenvalue weighted by Gasteiger charge is 2.40. The second kappa shape index (κ2) is 20.0. The molecular formula is C33H50N6O9. The average Bonchev–Trinajstić information content (AvgIpc) is 3.54. The first-order chi connectivity index (χ1) is 22.7. The lowest BCUT2D eigenvalue weighted by molar-refractivity contribution is -0.143. The minimum atomic E-state index is -1.21. The molecule has 1 aromatic carbocycles. The molecule has 1 heterocycles. The second-order valence-electron chi connectivity index (χ2n) is 12.5. The summed E-state index contributed by atoms with van der Waals surface area (Å²) in [5, 5.41) is 9.80. The molecule has 15 nitrogen and oxygen atoms in total. The predicted octanol–water partition coefficient (Wildman–Crippen LogP) is 0.541. The summed E-state index contributed by atoms with van der Waals surface area (Å²) in [6.07, 6.45) is 0.698. The van der Waals surface area contributed by atoms with Crippen LogP contribution >= 0.6 is 0 Å². The molecule has 1 fully saturated rings. The summed E-state index contributed by atoms with van der Waals surface area (Å²) in [7, 11) is 0. The standard InChI is InChI=1S/C33H50N6O9/c1-6-11-23(28(41)31(44)35-16-26(40)36-24(29(34)42)19-47-18-22-12-8-7-9-13-22)37-30(43)25-14-10-15-39(25)32(45)27(21(4)5)38-33(46)48-17-20(2)3/h7-9,12-13,20-21,23-25,27H,6,10-11,14-19H2,1-5H3,(H2,34,42)(H,35,44)(H,36,40)(H,37,43)(H,38,46)/t23?,24?,25-,27?/m0/s1. The third-order valence-corrected chi connectivity index (χ3v) is 7.51. The summed E-state index contributed by atoms with van der Waals surface area (Å²) in [5.74, 6) is -4.95. The molecule has 0 bridgehead atoms. The molecule has 2 rings (SSSR count). The lowest BCUT2D eigenvalue weighted by atomic mass is 10.0.